The number of rotatable bonds is 11. The van der Waals surface area contributed by atoms with Crippen LogP contribution in [0, 0.1) is 29.9 Å². The van der Waals surface area contributed by atoms with Crippen molar-refractivity contribution in [1.82, 2.24) is 4.98 Å². The van der Waals surface area contributed by atoms with Crippen LogP contribution in [0.4, 0.5) is 0 Å². The zero-order valence-corrected chi connectivity index (χ0v) is 36.5. The molecule has 0 atom stereocenters. The van der Waals surface area contributed by atoms with E-state index in [9.17, 15) is 9.90 Å². The van der Waals surface area contributed by atoms with E-state index in [0.29, 0.717) is 5.92 Å². The number of allylic oxidation sites excluding steroid dienone is 2. The van der Waals surface area contributed by atoms with Gasteiger partial charge in [0.15, 0.2) is 5.78 Å². The molecule has 1 N–H and O–H groups in total. The Labute approximate surface area is 331 Å². The molecule has 0 saturated heterocycles. The molecule has 3 aromatic heterocycles. The first-order valence-electron chi connectivity index (χ1n) is 18.6. The van der Waals surface area contributed by atoms with Gasteiger partial charge in [0.05, 0.1) is 6.20 Å². The van der Waals surface area contributed by atoms with Gasteiger partial charge < -0.3 is 9.67 Å². The monoisotopic (exact) mass is 896 g/mol. The summed E-state index contributed by atoms with van der Waals surface area (Å²) in [7, 11) is 4.27. The smallest absolute Gasteiger partial charge is 0.164 e. The largest absolute Gasteiger partial charge is 0.512 e. The van der Waals surface area contributed by atoms with Crippen LogP contribution in [0.1, 0.15) is 112 Å². The summed E-state index contributed by atoms with van der Waals surface area (Å²) in [6.07, 6.45) is 9.88. The number of ketones is 1. The minimum Gasteiger partial charge on any atom is -0.512 e. The summed E-state index contributed by atoms with van der Waals surface area (Å²) in [5, 5.41) is 13.7. The Morgan fingerprint density at radius 1 is 0.923 bits per heavy atom. The maximum Gasteiger partial charge on any atom is 0.164 e. The van der Waals surface area contributed by atoms with Gasteiger partial charge >= 0.3 is 0 Å². The molecule has 6 heteroatoms. The van der Waals surface area contributed by atoms with Crippen LogP contribution in [0.5, 0.6) is 0 Å². The van der Waals surface area contributed by atoms with Gasteiger partial charge in [0, 0.05) is 60.5 Å². The zero-order valence-electron chi connectivity index (χ0n) is 33.2. The van der Waals surface area contributed by atoms with E-state index in [1.807, 2.05) is 58.5 Å². The summed E-state index contributed by atoms with van der Waals surface area (Å²) in [6, 6.07) is 23.4. The molecule has 0 spiro atoms. The summed E-state index contributed by atoms with van der Waals surface area (Å²) < 4.78 is 1.94. The van der Waals surface area contributed by atoms with Gasteiger partial charge in [0.1, 0.15) is 16.3 Å². The van der Waals surface area contributed by atoms with Crippen LogP contribution in [0.3, 0.4) is 0 Å². The molecule has 2 aromatic carbocycles. The first-order valence-corrected chi connectivity index (χ1v) is 19.5. The molecule has 0 aliphatic rings. The Balaban J connectivity index is 0.000000347. The Bertz CT molecular complexity index is 2010. The van der Waals surface area contributed by atoms with Gasteiger partial charge in [-0.2, -0.15) is 0 Å². The van der Waals surface area contributed by atoms with Gasteiger partial charge in [-0.1, -0.05) is 105 Å². The summed E-state index contributed by atoms with van der Waals surface area (Å²) in [5.74, 6) is 0.932. The second-order valence-corrected chi connectivity index (χ2v) is 17.1. The third kappa shape index (κ3) is 9.81. The number of nitrogens with zero attached hydrogens (tertiary/aromatic N) is 2. The zero-order chi connectivity index (χ0) is 37.7. The fourth-order valence-electron chi connectivity index (χ4n) is 6.26. The molecular weight excluding hydrogens is 837 g/mol. The molecule has 1 radical (unpaired) electrons. The van der Waals surface area contributed by atoms with Crippen molar-refractivity contribution in [3.05, 3.63) is 102 Å². The molecule has 0 saturated carbocycles. The molecule has 0 unspecified atom stereocenters. The molecule has 0 aliphatic heterocycles. The van der Waals surface area contributed by atoms with Crippen molar-refractivity contribution in [3.8, 4) is 22.4 Å². The van der Waals surface area contributed by atoms with Crippen LogP contribution in [0.2, 0.25) is 0 Å². The molecule has 0 bridgehead atoms. The van der Waals surface area contributed by atoms with Crippen LogP contribution in [-0.2, 0) is 36.7 Å². The van der Waals surface area contributed by atoms with E-state index in [4.69, 9.17) is 4.98 Å². The minimum atomic E-state index is -0.337. The van der Waals surface area contributed by atoms with Crippen LogP contribution < -0.4 is 4.57 Å². The SMILES string of the molecule is CCC(C)(CC)C(=O)/C=C(\O)C(C)(CC)CC.[CH2-][n+]1ccc(-c2cnc3sc(CC(C)C)cc3c2)cc1-c1[c-]c2ccccc2c(C(C)(C)C)c1.[Ir]. The maximum absolute atomic E-state index is 12.2. The van der Waals surface area contributed by atoms with E-state index >= 15 is 0 Å². The molecule has 5 aromatic rings. The Kier molecular flexibility index (Phi) is 14.6. The fourth-order valence-corrected chi connectivity index (χ4v) is 7.45. The third-order valence-corrected chi connectivity index (χ3v) is 11.9. The number of carbonyl (C=O) groups is 1. The summed E-state index contributed by atoms with van der Waals surface area (Å²) in [6.45, 7) is 23.4. The average Bonchev–Trinajstić information content (AvgIpc) is 3.51. The molecular formula is C46H59IrN2O2S-. The number of aromatic nitrogens is 2. The maximum atomic E-state index is 12.2. The van der Waals surface area contributed by atoms with Crippen molar-refractivity contribution in [2.24, 2.45) is 16.7 Å². The summed E-state index contributed by atoms with van der Waals surface area (Å²) in [4.78, 5) is 19.5. The van der Waals surface area contributed by atoms with Gasteiger partial charge in [-0.05, 0) is 78.8 Å². The fraction of sp³-hybridized carbons (Fsp3) is 0.435. The van der Waals surface area contributed by atoms with Gasteiger partial charge in [0.25, 0.3) is 0 Å². The topological polar surface area (TPSA) is 54.1 Å². The van der Waals surface area contributed by atoms with Crippen LogP contribution >= 0.6 is 11.3 Å². The number of aliphatic hydroxyl groups excluding tert-OH is 1. The van der Waals surface area contributed by atoms with E-state index in [1.54, 1.807) is 11.3 Å². The van der Waals surface area contributed by atoms with Crippen LogP contribution in [-0.4, -0.2) is 15.9 Å². The predicted octanol–water partition coefficient (Wildman–Crippen LogP) is 12.7. The number of thiophene rings is 1. The molecule has 5 rings (SSSR count). The number of hydrogen-bond acceptors (Lipinski definition) is 4. The van der Waals surface area contributed by atoms with Crippen molar-refractivity contribution in [2.75, 3.05) is 0 Å². The third-order valence-electron chi connectivity index (χ3n) is 10.9. The Morgan fingerprint density at radius 3 is 2.15 bits per heavy atom. The normalized spacial score (nSPS) is 12.5. The van der Waals surface area contributed by atoms with Crippen molar-refractivity contribution in [1.29, 1.82) is 0 Å². The summed E-state index contributed by atoms with van der Waals surface area (Å²) in [5.41, 5.74) is 5.10. The number of hydrogen-bond donors (Lipinski definition) is 1. The second-order valence-electron chi connectivity index (χ2n) is 16.0. The molecule has 0 aliphatic carbocycles. The number of aliphatic hydroxyl groups is 1. The first kappa shape index (κ1) is 43.1. The van der Waals surface area contributed by atoms with Crippen molar-refractivity contribution in [3.63, 3.8) is 0 Å². The Morgan fingerprint density at radius 2 is 1.56 bits per heavy atom. The van der Waals surface area contributed by atoms with Crippen LogP contribution in [0.25, 0.3) is 43.4 Å². The average molecular weight is 896 g/mol. The standard InChI is InChI=1S/C31H31N2S.C15H28O2.Ir/c1-20(2)13-26-16-24-15-25(19-32-30(24)34-26)21-11-12-33(6)29(18-21)23-14-22-9-7-8-10-27(22)28(17-23)31(3,4)5;1-7-14(5,8-2)12(16)11-13(17)15(6,9-3)10-4;/h7-12,15-20H,6,13H2,1-5H3;11,16H,7-10H2,1-6H3;/q-1;;/b;12-11-;. The van der Waals surface area contributed by atoms with Gasteiger partial charge in [-0.25, -0.2) is 4.98 Å². The number of pyridine rings is 2. The second kappa shape index (κ2) is 17.7. The number of benzene rings is 2. The molecule has 0 fully saturated rings. The number of carbonyl (C=O) groups excluding carboxylic acids is 1. The number of fused-ring (bicyclic) bond motifs is 2. The summed E-state index contributed by atoms with van der Waals surface area (Å²) >= 11 is 1.81. The van der Waals surface area contributed by atoms with E-state index in [0.717, 1.165) is 64.7 Å². The molecule has 3 heterocycles. The van der Waals surface area contributed by atoms with Crippen molar-refractivity contribution in [2.45, 2.75) is 114 Å². The van der Waals surface area contributed by atoms with Crippen molar-refractivity contribution < 1.29 is 34.6 Å². The van der Waals surface area contributed by atoms with Gasteiger partial charge in [-0.15, -0.1) is 40.5 Å². The van der Waals surface area contributed by atoms with Gasteiger partial charge in [-0.3, -0.25) is 4.79 Å². The first-order chi connectivity index (χ1) is 24.0. The van der Waals surface area contributed by atoms with Crippen LogP contribution in [0.15, 0.2) is 78.8 Å². The van der Waals surface area contributed by atoms with E-state index in [2.05, 4.69) is 102 Å². The predicted molar refractivity (Wildman–Crippen MR) is 218 cm³/mol. The van der Waals surface area contributed by atoms with E-state index < -0.39 is 0 Å². The quantitative estimate of drug-likeness (QED) is 0.0622. The molecule has 281 valence electrons. The molecule has 0 amide bonds. The van der Waals surface area contributed by atoms with E-state index in [1.165, 1.54) is 27.3 Å². The molecule has 4 nitrogen and oxygen atoms in total. The molecule has 52 heavy (non-hydrogen) atoms. The van der Waals surface area contributed by atoms with E-state index in [-0.39, 0.29) is 47.9 Å². The van der Waals surface area contributed by atoms with Gasteiger partial charge in [0.2, 0.25) is 0 Å². The minimum absolute atomic E-state index is 0. The Hall–Kier alpha value is -3.31. The van der Waals surface area contributed by atoms with Crippen molar-refractivity contribution >= 4 is 38.1 Å².